The molecule has 2 N–H and O–H groups in total. The topological polar surface area (TPSA) is 49.3 Å². The third kappa shape index (κ3) is 4.30. The summed E-state index contributed by atoms with van der Waals surface area (Å²) in [4.78, 5) is 11.8. The van der Waals surface area contributed by atoms with Gasteiger partial charge in [0, 0.05) is 18.0 Å². The van der Waals surface area contributed by atoms with E-state index in [9.17, 15) is 18.0 Å². The predicted molar refractivity (Wildman–Crippen MR) is 73.3 cm³/mol. The van der Waals surface area contributed by atoms with Crippen LogP contribution in [0.4, 0.5) is 13.2 Å². The van der Waals surface area contributed by atoms with Gasteiger partial charge in [0.15, 0.2) is 0 Å². The van der Waals surface area contributed by atoms with Gasteiger partial charge in [0.1, 0.15) is 4.88 Å². The molecule has 0 saturated carbocycles. The zero-order valence-electron chi connectivity index (χ0n) is 10.8. The predicted octanol–water partition coefficient (Wildman–Crippen LogP) is 3.75. The molecule has 21 heavy (non-hydrogen) atoms. The van der Waals surface area contributed by atoms with E-state index in [0.717, 1.165) is 22.6 Å². The first-order valence-electron chi connectivity index (χ1n) is 6.05. The largest absolute Gasteiger partial charge is 0.477 e. The van der Waals surface area contributed by atoms with Crippen LogP contribution in [-0.2, 0) is 19.3 Å². The number of thiophene rings is 1. The fourth-order valence-electron chi connectivity index (χ4n) is 1.73. The fraction of sp³-hybridized carbons (Fsp3) is 0.214. The molecule has 1 aromatic heterocycles. The standard InChI is InChI=1S/C14H12F3NO2S/c15-14(16,17)10-3-1-9(2-4-10)7-18-8-11-5-6-12(21-11)13(19)20/h1-6,18H,7-8H2,(H,19,20). The first-order valence-corrected chi connectivity index (χ1v) is 6.87. The Morgan fingerprint density at radius 1 is 1.10 bits per heavy atom. The van der Waals surface area contributed by atoms with Crippen molar-refractivity contribution in [3.8, 4) is 0 Å². The highest BCUT2D eigenvalue weighted by molar-refractivity contribution is 7.13. The minimum Gasteiger partial charge on any atom is -0.477 e. The van der Waals surface area contributed by atoms with Crippen molar-refractivity contribution in [1.82, 2.24) is 5.32 Å². The normalized spacial score (nSPS) is 11.6. The first kappa shape index (κ1) is 15.5. The van der Waals surface area contributed by atoms with Crippen molar-refractivity contribution in [2.75, 3.05) is 0 Å². The molecule has 0 radical (unpaired) electrons. The third-order valence-corrected chi connectivity index (χ3v) is 3.86. The second kappa shape index (κ2) is 6.28. The smallest absolute Gasteiger partial charge is 0.416 e. The van der Waals surface area contributed by atoms with Crippen molar-refractivity contribution in [2.24, 2.45) is 0 Å². The summed E-state index contributed by atoms with van der Waals surface area (Å²) in [6.07, 6.45) is -4.32. The lowest BCUT2D eigenvalue weighted by Gasteiger charge is -2.08. The molecule has 2 rings (SSSR count). The van der Waals surface area contributed by atoms with E-state index >= 15 is 0 Å². The van der Waals surface area contributed by atoms with E-state index in [1.807, 2.05) is 0 Å². The van der Waals surface area contributed by atoms with Gasteiger partial charge in [0.05, 0.1) is 5.56 Å². The Labute approximate surface area is 123 Å². The van der Waals surface area contributed by atoms with E-state index in [4.69, 9.17) is 5.11 Å². The molecule has 112 valence electrons. The van der Waals surface area contributed by atoms with Gasteiger partial charge in [-0.2, -0.15) is 13.2 Å². The highest BCUT2D eigenvalue weighted by atomic mass is 32.1. The number of aromatic carboxylic acids is 1. The molecule has 0 aliphatic carbocycles. The van der Waals surface area contributed by atoms with Crippen LogP contribution >= 0.6 is 11.3 Å². The quantitative estimate of drug-likeness (QED) is 0.883. The Balaban J connectivity index is 1.87. The summed E-state index contributed by atoms with van der Waals surface area (Å²) >= 11 is 1.17. The summed E-state index contributed by atoms with van der Waals surface area (Å²) in [5.41, 5.74) is 0.0635. The molecule has 0 atom stereocenters. The molecule has 0 aliphatic rings. The molecular weight excluding hydrogens is 303 g/mol. The van der Waals surface area contributed by atoms with Gasteiger partial charge in [-0.05, 0) is 29.8 Å². The SMILES string of the molecule is O=C(O)c1ccc(CNCc2ccc(C(F)(F)F)cc2)s1. The number of hydrogen-bond donors (Lipinski definition) is 2. The van der Waals surface area contributed by atoms with Crippen molar-refractivity contribution in [3.05, 3.63) is 57.3 Å². The van der Waals surface area contributed by atoms with Crippen LogP contribution in [0.1, 0.15) is 25.7 Å². The molecule has 0 saturated heterocycles. The van der Waals surface area contributed by atoms with Crippen molar-refractivity contribution in [3.63, 3.8) is 0 Å². The highest BCUT2D eigenvalue weighted by Gasteiger charge is 2.29. The summed E-state index contributed by atoms with van der Waals surface area (Å²) in [6, 6.07) is 8.19. The van der Waals surface area contributed by atoms with Crippen molar-refractivity contribution >= 4 is 17.3 Å². The van der Waals surface area contributed by atoms with Crippen LogP contribution in [0.5, 0.6) is 0 Å². The lowest BCUT2D eigenvalue weighted by atomic mass is 10.1. The Bertz CT molecular complexity index is 620. The monoisotopic (exact) mass is 315 g/mol. The number of halogens is 3. The van der Waals surface area contributed by atoms with E-state index in [1.165, 1.54) is 29.5 Å². The van der Waals surface area contributed by atoms with Gasteiger partial charge < -0.3 is 10.4 Å². The van der Waals surface area contributed by atoms with E-state index in [2.05, 4.69) is 5.32 Å². The summed E-state index contributed by atoms with van der Waals surface area (Å²) in [5.74, 6) is -0.964. The van der Waals surface area contributed by atoms with Crippen LogP contribution in [-0.4, -0.2) is 11.1 Å². The fourth-order valence-corrected chi connectivity index (χ4v) is 2.55. The highest BCUT2D eigenvalue weighted by Crippen LogP contribution is 2.29. The Morgan fingerprint density at radius 2 is 1.76 bits per heavy atom. The minimum absolute atomic E-state index is 0.265. The maximum atomic E-state index is 12.4. The number of carbonyl (C=O) groups is 1. The average molecular weight is 315 g/mol. The van der Waals surface area contributed by atoms with Gasteiger partial charge in [-0.15, -0.1) is 11.3 Å². The number of carboxylic acid groups (broad SMARTS) is 1. The second-order valence-corrected chi connectivity index (χ2v) is 5.54. The zero-order valence-corrected chi connectivity index (χ0v) is 11.6. The van der Waals surface area contributed by atoms with E-state index in [1.54, 1.807) is 6.07 Å². The number of carboxylic acids is 1. The molecular formula is C14H12F3NO2S. The number of rotatable bonds is 5. The van der Waals surface area contributed by atoms with Crippen molar-refractivity contribution in [2.45, 2.75) is 19.3 Å². The molecule has 0 fully saturated rings. The van der Waals surface area contributed by atoms with Gasteiger partial charge in [-0.25, -0.2) is 4.79 Å². The Kier molecular flexibility index (Phi) is 4.64. The Morgan fingerprint density at radius 3 is 2.29 bits per heavy atom. The zero-order chi connectivity index (χ0) is 15.5. The van der Waals surface area contributed by atoms with Gasteiger partial charge in [0.2, 0.25) is 0 Å². The third-order valence-electron chi connectivity index (χ3n) is 2.78. The molecule has 0 amide bonds. The molecule has 0 unspecified atom stereocenters. The van der Waals surface area contributed by atoms with Gasteiger partial charge in [-0.3, -0.25) is 0 Å². The molecule has 1 aromatic carbocycles. The summed E-state index contributed by atoms with van der Waals surface area (Å²) in [6.45, 7) is 0.886. The van der Waals surface area contributed by atoms with Crippen LogP contribution in [0.25, 0.3) is 0 Å². The first-order chi connectivity index (χ1) is 9.86. The number of alkyl halides is 3. The summed E-state index contributed by atoms with van der Waals surface area (Å²) < 4.78 is 37.2. The van der Waals surface area contributed by atoms with Crippen LogP contribution in [0, 0.1) is 0 Å². The molecule has 0 spiro atoms. The number of nitrogens with one attached hydrogen (secondary N) is 1. The maximum Gasteiger partial charge on any atom is 0.416 e. The minimum atomic E-state index is -4.32. The van der Waals surface area contributed by atoms with Crippen LogP contribution in [0.15, 0.2) is 36.4 Å². The number of hydrogen-bond acceptors (Lipinski definition) is 3. The van der Waals surface area contributed by atoms with Gasteiger partial charge in [0.25, 0.3) is 0 Å². The van der Waals surface area contributed by atoms with E-state index in [0.29, 0.717) is 13.1 Å². The van der Waals surface area contributed by atoms with Gasteiger partial charge in [-0.1, -0.05) is 12.1 Å². The maximum absolute atomic E-state index is 12.4. The molecule has 0 bridgehead atoms. The molecule has 2 aromatic rings. The lowest BCUT2D eigenvalue weighted by molar-refractivity contribution is -0.137. The summed E-state index contributed by atoms with van der Waals surface area (Å²) in [5, 5.41) is 11.9. The van der Waals surface area contributed by atoms with Crippen LogP contribution < -0.4 is 5.32 Å². The second-order valence-electron chi connectivity index (χ2n) is 4.37. The van der Waals surface area contributed by atoms with Crippen molar-refractivity contribution in [1.29, 1.82) is 0 Å². The van der Waals surface area contributed by atoms with Crippen LogP contribution in [0.3, 0.4) is 0 Å². The van der Waals surface area contributed by atoms with E-state index < -0.39 is 17.7 Å². The van der Waals surface area contributed by atoms with Crippen molar-refractivity contribution < 1.29 is 23.1 Å². The Hall–Kier alpha value is -1.86. The summed E-state index contributed by atoms with van der Waals surface area (Å²) in [7, 11) is 0. The lowest BCUT2D eigenvalue weighted by Crippen LogP contribution is -2.12. The molecule has 3 nitrogen and oxygen atoms in total. The molecule has 0 aliphatic heterocycles. The van der Waals surface area contributed by atoms with Gasteiger partial charge >= 0.3 is 12.1 Å². The van der Waals surface area contributed by atoms with E-state index in [-0.39, 0.29) is 4.88 Å². The molecule has 1 heterocycles. The molecule has 7 heteroatoms. The number of benzene rings is 1. The van der Waals surface area contributed by atoms with Crippen LogP contribution in [0.2, 0.25) is 0 Å². The average Bonchev–Trinajstić information content (AvgIpc) is 2.87.